The standard InChI is InChI=1S/C26H22ClN3O4.C25H19Cl2N3O4.C25H20ClN3O3.C24H17ClFN3O3/c1-16-12-20(30-11-10-24(31)29-26(30)33)7-8-22(16)28-25(32)14-17-4-3-5-18(13-17)19-6-9-23(34-2)21(27)15-19;1-34-22-8-5-17(13-20(22)27)16-4-2-3-15(11-16)12-24(32)28-18-6-7-21(19(26)14-18)30-10-9-23(31)29-25(30)33;1-16-15-29(25(32)28-24(16)31)22-11-9-21(10-12-22)27-23(30)14-17-3-2-4-19(13-17)18-5-7-20(26)8-6-18;25-18-6-4-16(5-7-18)17-3-1-2-15(12-17)13-22(30)27-19-8-10-20(11-9-19)29-14-21(26)23(31)28-24(29)32/h3-13,15H,14H2,1-2H3,(H,28,32)(H,29,31,33);2-11,13-14H,12H2,1H3,(H,28,32)(H,29,31,33);2-13,15H,14H2,1H3,(H,27,30)(H,28,31,32);1-12,14H,13H2,(H,27,30)(H,28,31,32). The molecule has 26 nitrogen and oxygen atoms in total. The number of carbonyl (C=O) groups excluding carboxylic acids is 4. The number of ether oxygens (including phenoxy) is 2. The molecule has 4 heterocycles. The molecule has 0 aliphatic heterocycles. The average Bonchev–Trinajstić information content (AvgIpc) is 0.805. The molecule has 4 amide bonds. The van der Waals surface area contributed by atoms with E-state index in [1.54, 1.807) is 100 Å². The minimum atomic E-state index is -1.07. The van der Waals surface area contributed by atoms with Crippen molar-refractivity contribution < 1.29 is 33.0 Å². The summed E-state index contributed by atoms with van der Waals surface area (Å²) < 4.78 is 28.8. The molecule has 0 fully saturated rings. The van der Waals surface area contributed by atoms with Crippen LogP contribution in [0.3, 0.4) is 0 Å². The minimum Gasteiger partial charge on any atom is -0.495 e. The van der Waals surface area contributed by atoms with Crippen molar-refractivity contribution in [3.8, 4) is 78.8 Å². The van der Waals surface area contributed by atoms with Gasteiger partial charge in [0.15, 0.2) is 0 Å². The van der Waals surface area contributed by atoms with E-state index >= 15 is 0 Å². The molecule has 0 atom stereocenters. The maximum absolute atomic E-state index is 13.5. The summed E-state index contributed by atoms with van der Waals surface area (Å²) in [5, 5.41) is 14.0. The third-order valence-corrected chi connectivity index (χ3v) is 21.7. The highest BCUT2D eigenvalue weighted by molar-refractivity contribution is 6.33. The lowest BCUT2D eigenvalue weighted by atomic mass is 10.0. The highest BCUT2D eigenvalue weighted by Gasteiger charge is 2.18. The summed E-state index contributed by atoms with van der Waals surface area (Å²) in [6.07, 6.45) is 5.80. The zero-order chi connectivity index (χ0) is 93.8. The molecular formula is C100H78Cl5FN12O14. The van der Waals surface area contributed by atoms with Crippen LogP contribution < -0.4 is 75.7 Å². The van der Waals surface area contributed by atoms with Crippen molar-refractivity contribution in [2.24, 2.45) is 0 Å². The Balaban J connectivity index is 0.000000150. The summed E-state index contributed by atoms with van der Waals surface area (Å²) in [4.78, 5) is 152. The van der Waals surface area contributed by atoms with E-state index in [2.05, 4.69) is 36.2 Å². The second-order valence-electron chi connectivity index (χ2n) is 29.7. The maximum Gasteiger partial charge on any atom is 0.333 e. The number of methoxy groups -OCH3 is 2. The first-order valence-corrected chi connectivity index (χ1v) is 42.2. The quantitative estimate of drug-likeness (QED) is 0.0313. The van der Waals surface area contributed by atoms with Gasteiger partial charge in [0.25, 0.3) is 22.2 Å². The Labute approximate surface area is 775 Å². The fourth-order valence-electron chi connectivity index (χ4n) is 13.7. The molecule has 32 heteroatoms. The molecule has 664 valence electrons. The SMILES string of the molecule is COc1ccc(-c2cccc(CC(=O)Nc3ccc(-n4ccc(=O)[nH]c4=O)c(Cl)c3)c2)cc1Cl.COc1ccc(-c2cccc(CC(=O)Nc3ccc(-n4ccc(=O)[nH]c4=O)cc3C)c2)cc1Cl.Cc1cn(-c2ccc(NC(=O)Cc3cccc(-c4ccc(Cl)cc4)c3)cc2)c(=O)[nH]c1=O.O=C(Cc1cccc(-c2ccc(Cl)cc2)c1)Nc1ccc(-n2cc(F)c(=O)[nH]c2=O)cc1. The van der Waals surface area contributed by atoms with Crippen LogP contribution in [0.1, 0.15) is 33.4 Å². The number of amides is 4. The number of H-pyrrole nitrogens is 4. The van der Waals surface area contributed by atoms with Crippen LogP contribution in [0.2, 0.25) is 25.1 Å². The van der Waals surface area contributed by atoms with Gasteiger partial charge < -0.3 is 30.7 Å². The van der Waals surface area contributed by atoms with Crippen LogP contribution in [0.25, 0.3) is 67.3 Å². The molecule has 0 aliphatic carbocycles. The Morgan fingerprint density at radius 2 is 0.689 bits per heavy atom. The van der Waals surface area contributed by atoms with Crippen LogP contribution in [0.4, 0.5) is 27.1 Å². The van der Waals surface area contributed by atoms with Crippen LogP contribution in [0, 0.1) is 19.7 Å². The normalized spacial score (nSPS) is 10.7. The average molecular weight is 1870 g/mol. The number of rotatable bonds is 22. The van der Waals surface area contributed by atoms with Gasteiger partial charge in [0.05, 0.1) is 83.9 Å². The summed E-state index contributed by atoms with van der Waals surface area (Å²) in [5.41, 5.74) is 11.7. The van der Waals surface area contributed by atoms with Gasteiger partial charge in [-0.15, -0.1) is 0 Å². The number of benzene rings is 12. The van der Waals surface area contributed by atoms with Crippen molar-refractivity contribution in [3.63, 3.8) is 0 Å². The van der Waals surface area contributed by atoms with E-state index in [1.165, 1.54) is 56.6 Å². The highest BCUT2D eigenvalue weighted by atomic mass is 35.5. The lowest BCUT2D eigenvalue weighted by Gasteiger charge is -2.12. The van der Waals surface area contributed by atoms with Crippen molar-refractivity contribution in [3.05, 3.63) is 452 Å². The molecule has 0 saturated carbocycles. The second kappa shape index (κ2) is 43.3. The van der Waals surface area contributed by atoms with Crippen LogP contribution in [0.5, 0.6) is 11.5 Å². The minimum absolute atomic E-state index is 0.149. The van der Waals surface area contributed by atoms with Gasteiger partial charge in [0.2, 0.25) is 29.4 Å². The zero-order valence-electron chi connectivity index (χ0n) is 70.5. The van der Waals surface area contributed by atoms with Gasteiger partial charge in [-0.2, -0.15) is 4.39 Å². The van der Waals surface area contributed by atoms with Crippen LogP contribution in [-0.2, 0) is 44.9 Å². The van der Waals surface area contributed by atoms with Crippen LogP contribution in [0.15, 0.2) is 342 Å². The van der Waals surface area contributed by atoms with Gasteiger partial charge >= 0.3 is 22.8 Å². The van der Waals surface area contributed by atoms with Crippen molar-refractivity contribution in [2.45, 2.75) is 39.5 Å². The molecule has 0 bridgehead atoms. The van der Waals surface area contributed by atoms with Crippen LogP contribution >= 0.6 is 58.0 Å². The van der Waals surface area contributed by atoms with E-state index in [9.17, 15) is 61.9 Å². The maximum atomic E-state index is 13.5. The lowest BCUT2D eigenvalue weighted by Crippen LogP contribution is -2.30. The molecule has 0 aliphatic rings. The molecule has 0 radical (unpaired) electrons. The number of aryl methyl sites for hydroxylation is 2. The predicted octanol–water partition coefficient (Wildman–Crippen LogP) is 17.5. The Kier molecular flexibility index (Phi) is 30.8. The van der Waals surface area contributed by atoms with Gasteiger partial charge in [-0.05, 0) is 220 Å². The molecule has 16 aromatic rings. The number of halogens is 6. The van der Waals surface area contributed by atoms with Gasteiger partial charge in [-0.25, -0.2) is 19.2 Å². The van der Waals surface area contributed by atoms with Crippen LogP contribution in [-0.4, -0.2) is 76.1 Å². The first kappa shape index (κ1) is 93.8. The topological polar surface area (TPSA) is 354 Å². The number of hydrogen-bond donors (Lipinski definition) is 8. The molecule has 0 saturated heterocycles. The molecule has 16 rings (SSSR count). The Hall–Kier alpha value is -15.8. The third-order valence-electron chi connectivity index (χ3n) is 20.3. The Bertz CT molecular complexity index is 7330. The number of aromatic amines is 4. The molecule has 0 unspecified atom stereocenters. The highest BCUT2D eigenvalue weighted by Crippen LogP contribution is 2.34. The second-order valence-corrected chi connectivity index (χ2v) is 31.8. The van der Waals surface area contributed by atoms with Gasteiger partial charge in [-0.1, -0.05) is 191 Å². The summed E-state index contributed by atoms with van der Waals surface area (Å²) in [5.74, 6) is -0.621. The first-order chi connectivity index (χ1) is 63.4. The number of carbonyl (C=O) groups is 4. The monoisotopic (exact) mass is 1860 g/mol. The molecule has 12 aromatic carbocycles. The number of aromatic nitrogens is 8. The van der Waals surface area contributed by atoms with Crippen molar-refractivity contribution >= 4 is 104 Å². The number of nitrogens with one attached hydrogen (secondary N) is 8. The first-order valence-electron chi connectivity index (χ1n) is 40.3. The lowest BCUT2D eigenvalue weighted by molar-refractivity contribution is -0.116. The fourth-order valence-corrected chi connectivity index (χ4v) is 14.8. The van der Waals surface area contributed by atoms with E-state index in [0.29, 0.717) is 82.7 Å². The number of anilines is 4. The van der Waals surface area contributed by atoms with E-state index in [4.69, 9.17) is 67.5 Å². The zero-order valence-corrected chi connectivity index (χ0v) is 74.2. The smallest absolute Gasteiger partial charge is 0.333 e. The van der Waals surface area contributed by atoms with Gasteiger partial charge in [0.1, 0.15) is 11.5 Å². The predicted molar refractivity (Wildman–Crippen MR) is 515 cm³/mol. The van der Waals surface area contributed by atoms with Gasteiger partial charge in [-0.3, -0.25) is 76.6 Å². The number of hydrogen-bond acceptors (Lipinski definition) is 14. The Morgan fingerprint density at radius 3 is 1.10 bits per heavy atom. The molecule has 8 N–H and O–H groups in total. The Morgan fingerprint density at radius 1 is 0.326 bits per heavy atom. The largest absolute Gasteiger partial charge is 0.495 e. The molecule has 0 spiro atoms. The summed E-state index contributed by atoms with van der Waals surface area (Å²) in [6, 6.07) is 82.5. The summed E-state index contributed by atoms with van der Waals surface area (Å²) >= 11 is 30.7. The van der Waals surface area contributed by atoms with E-state index in [1.807, 2.05) is 188 Å². The van der Waals surface area contributed by atoms with E-state index < -0.39 is 50.8 Å². The van der Waals surface area contributed by atoms with E-state index in [0.717, 1.165) is 83.1 Å². The fraction of sp³-hybridized carbons (Fsp3) is 0.0800. The molecular weight excluding hydrogens is 1790 g/mol. The van der Waals surface area contributed by atoms with Gasteiger partial charge in [0, 0.05) is 69.1 Å². The van der Waals surface area contributed by atoms with Crippen molar-refractivity contribution in [1.29, 1.82) is 0 Å². The molecule has 4 aromatic heterocycles. The van der Waals surface area contributed by atoms with E-state index in [-0.39, 0.29) is 54.3 Å². The third kappa shape index (κ3) is 25.0. The number of nitrogens with zero attached hydrogens (tertiary/aromatic N) is 4. The summed E-state index contributed by atoms with van der Waals surface area (Å²) in [6.45, 7) is 3.47. The van der Waals surface area contributed by atoms with Crippen molar-refractivity contribution in [2.75, 3.05) is 35.5 Å². The molecule has 132 heavy (non-hydrogen) atoms. The summed E-state index contributed by atoms with van der Waals surface area (Å²) in [7, 11) is 3.13. The van der Waals surface area contributed by atoms with Crippen molar-refractivity contribution in [1.82, 2.24) is 38.2 Å².